The maximum atomic E-state index is 11.8. The van der Waals surface area contributed by atoms with Crippen molar-refractivity contribution in [2.45, 2.75) is 47.0 Å². The van der Waals surface area contributed by atoms with Gasteiger partial charge in [0.1, 0.15) is 5.75 Å². The summed E-state index contributed by atoms with van der Waals surface area (Å²) in [6.07, 6.45) is 7.01. The third-order valence-electron chi connectivity index (χ3n) is 3.06. The van der Waals surface area contributed by atoms with Crippen molar-refractivity contribution in [1.82, 2.24) is 0 Å². The van der Waals surface area contributed by atoms with Crippen LogP contribution in [0.25, 0.3) is 6.08 Å². The summed E-state index contributed by atoms with van der Waals surface area (Å²) >= 11 is 0. The van der Waals surface area contributed by atoms with Gasteiger partial charge in [-0.3, -0.25) is 4.79 Å². The fraction of sp³-hybridized carbons (Fsp3) is 0.500. The minimum absolute atomic E-state index is 0.136. The van der Waals surface area contributed by atoms with E-state index in [0.717, 1.165) is 24.3 Å². The monoisotopic (exact) mass is 274 g/mol. The molecule has 0 aromatic heterocycles. The third-order valence-corrected chi connectivity index (χ3v) is 3.06. The van der Waals surface area contributed by atoms with Crippen molar-refractivity contribution < 1.29 is 9.53 Å². The van der Waals surface area contributed by atoms with Crippen molar-refractivity contribution in [1.29, 1.82) is 0 Å². The van der Waals surface area contributed by atoms with Crippen LogP contribution in [0.5, 0.6) is 5.75 Å². The predicted molar refractivity (Wildman–Crippen MR) is 85.0 cm³/mol. The molecule has 2 nitrogen and oxygen atoms in total. The highest BCUT2D eigenvalue weighted by Gasteiger charge is 2.17. The van der Waals surface area contributed by atoms with Gasteiger partial charge < -0.3 is 4.74 Å². The molecule has 1 aromatic rings. The van der Waals surface area contributed by atoms with Crippen molar-refractivity contribution in [3.63, 3.8) is 0 Å². The zero-order valence-corrected chi connectivity index (χ0v) is 13.1. The number of allylic oxidation sites excluding steroid dienone is 1. The molecule has 0 bridgehead atoms. The summed E-state index contributed by atoms with van der Waals surface area (Å²) in [7, 11) is 0. The van der Waals surface area contributed by atoms with Gasteiger partial charge in [0.25, 0.3) is 0 Å². The first-order valence-electron chi connectivity index (χ1n) is 7.39. The summed E-state index contributed by atoms with van der Waals surface area (Å²) < 4.78 is 5.65. The lowest BCUT2D eigenvalue weighted by Crippen LogP contribution is -2.17. The molecule has 2 heteroatoms. The molecule has 0 spiro atoms. The average Bonchev–Trinajstić information content (AvgIpc) is 2.41. The number of ketones is 1. The molecule has 0 aliphatic carbocycles. The van der Waals surface area contributed by atoms with Crippen LogP contribution in [0, 0.1) is 5.41 Å². The third kappa shape index (κ3) is 6.05. The molecule has 0 aliphatic heterocycles. The molecular formula is C18H26O2. The Morgan fingerprint density at radius 3 is 2.35 bits per heavy atom. The quantitative estimate of drug-likeness (QED) is 0.523. The molecule has 0 heterocycles. The summed E-state index contributed by atoms with van der Waals surface area (Å²) in [5.74, 6) is 1.03. The molecule has 20 heavy (non-hydrogen) atoms. The van der Waals surface area contributed by atoms with Crippen LogP contribution in [0.3, 0.4) is 0 Å². The Labute approximate surface area is 122 Å². The lowest BCUT2D eigenvalue weighted by atomic mass is 9.90. The highest BCUT2D eigenvalue weighted by atomic mass is 16.5. The Morgan fingerprint density at radius 1 is 1.15 bits per heavy atom. The van der Waals surface area contributed by atoms with Gasteiger partial charge in [0, 0.05) is 5.41 Å². The molecule has 1 rings (SSSR count). The van der Waals surface area contributed by atoms with Crippen LogP contribution in [0.2, 0.25) is 0 Å². The summed E-state index contributed by atoms with van der Waals surface area (Å²) in [6, 6.07) is 7.85. The zero-order valence-electron chi connectivity index (χ0n) is 13.1. The van der Waals surface area contributed by atoms with Gasteiger partial charge >= 0.3 is 0 Å². The van der Waals surface area contributed by atoms with Gasteiger partial charge in [0.15, 0.2) is 5.78 Å². The zero-order chi connectivity index (χ0) is 15.0. The number of carbonyl (C=O) groups is 1. The Kier molecular flexibility index (Phi) is 6.50. The van der Waals surface area contributed by atoms with Gasteiger partial charge in [0.2, 0.25) is 0 Å². The van der Waals surface area contributed by atoms with Gasteiger partial charge in [-0.25, -0.2) is 0 Å². The second-order valence-corrected chi connectivity index (χ2v) is 6.07. The van der Waals surface area contributed by atoms with Gasteiger partial charge in [-0.1, -0.05) is 58.7 Å². The molecule has 0 atom stereocenters. The van der Waals surface area contributed by atoms with E-state index in [-0.39, 0.29) is 11.2 Å². The van der Waals surface area contributed by atoms with E-state index >= 15 is 0 Å². The molecule has 0 saturated heterocycles. The van der Waals surface area contributed by atoms with Gasteiger partial charge in [-0.2, -0.15) is 0 Å². The second kappa shape index (κ2) is 7.88. The van der Waals surface area contributed by atoms with E-state index in [1.807, 2.05) is 51.1 Å². The maximum absolute atomic E-state index is 11.8. The van der Waals surface area contributed by atoms with Crippen LogP contribution >= 0.6 is 0 Å². The summed E-state index contributed by atoms with van der Waals surface area (Å²) in [5.41, 5.74) is 0.697. The average molecular weight is 274 g/mol. The number of hydrogen-bond donors (Lipinski definition) is 0. The molecule has 0 amide bonds. The fourth-order valence-corrected chi connectivity index (χ4v) is 1.64. The van der Waals surface area contributed by atoms with Crippen molar-refractivity contribution in [2.75, 3.05) is 6.61 Å². The van der Waals surface area contributed by atoms with E-state index in [4.69, 9.17) is 4.74 Å². The lowest BCUT2D eigenvalue weighted by molar-refractivity contribution is -0.121. The van der Waals surface area contributed by atoms with Crippen LogP contribution in [-0.2, 0) is 4.79 Å². The standard InChI is InChI=1S/C18H26O2/c1-5-6-7-14-20-16-11-8-15(9-12-16)10-13-17(19)18(2,3)4/h8-13H,5-7,14H2,1-4H3/b13-10+. The van der Waals surface area contributed by atoms with Crippen molar-refractivity contribution in [2.24, 2.45) is 5.41 Å². The van der Waals surface area contributed by atoms with Crippen LogP contribution in [0.15, 0.2) is 30.3 Å². The number of hydrogen-bond acceptors (Lipinski definition) is 2. The molecular weight excluding hydrogens is 248 g/mol. The predicted octanol–water partition coefficient (Wildman–Crippen LogP) is 4.88. The van der Waals surface area contributed by atoms with E-state index in [0.29, 0.717) is 0 Å². The molecule has 0 N–H and O–H groups in total. The number of carbonyl (C=O) groups excluding carboxylic acids is 1. The molecule has 0 fully saturated rings. The molecule has 0 unspecified atom stereocenters. The topological polar surface area (TPSA) is 26.3 Å². The molecule has 1 aromatic carbocycles. The van der Waals surface area contributed by atoms with E-state index in [1.165, 1.54) is 12.8 Å². The van der Waals surface area contributed by atoms with Gasteiger partial charge in [0.05, 0.1) is 6.61 Å². The SMILES string of the molecule is CCCCCOc1ccc(/C=C/C(=O)C(C)(C)C)cc1. The lowest BCUT2D eigenvalue weighted by Gasteiger charge is -2.12. The van der Waals surface area contributed by atoms with Gasteiger partial charge in [-0.15, -0.1) is 0 Å². The summed E-state index contributed by atoms with van der Waals surface area (Å²) in [4.78, 5) is 11.8. The van der Waals surface area contributed by atoms with Crippen molar-refractivity contribution in [3.05, 3.63) is 35.9 Å². The normalized spacial score (nSPS) is 11.8. The Balaban J connectivity index is 2.50. The Hall–Kier alpha value is -1.57. The van der Waals surface area contributed by atoms with Crippen LogP contribution in [0.4, 0.5) is 0 Å². The Bertz CT molecular complexity index is 435. The number of rotatable bonds is 7. The van der Waals surface area contributed by atoms with E-state index < -0.39 is 0 Å². The number of benzene rings is 1. The van der Waals surface area contributed by atoms with Crippen LogP contribution < -0.4 is 4.74 Å². The maximum Gasteiger partial charge on any atom is 0.161 e. The Morgan fingerprint density at radius 2 is 1.80 bits per heavy atom. The molecule has 0 aliphatic rings. The fourth-order valence-electron chi connectivity index (χ4n) is 1.64. The highest BCUT2D eigenvalue weighted by Crippen LogP contribution is 2.17. The minimum atomic E-state index is -0.321. The molecule has 110 valence electrons. The van der Waals surface area contributed by atoms with Gasteiger partial charge in [-0.05, 0) is 30.2 Å². The molecule has 0 radical (unpaired) electrons. The molecule has 0 saturated carbocycles. The summed E-state index contributed by atoms with van der Waals surface area (Å²) in [5, 5.41) is 0. The van der Waals surface area contributed by atoms with E-state index in [9.17, 15) is 4.79 Å². The minimum Gasteiger partial charge on any atom is -0.494 e. The van der Waals surface area contributed by atoms with Crippen molar-refractivity contribution >= 4 is 11.9 Å². The van der Waals surface area contributed by atoms with Crippen LogP contribution in [-0.4, -0.2) is 12.4 Å². The number of unbranched alkanes of at least 4 members (excludes halogenated alkanes) is 2. The van der Waals surface area contributed by atoms with E-state index in [1.54, 1.807) is 6.08 Å². The van der Waals surface area contributed by atoms with Crippen molar-refractivity contribution in [3.8, 4) is 5.75 Å². The first-order valence-corrected chi connectivity index (χ1v) is 7.39. The van der Waals surface area contributed by atoms with E-state index in [2.05, 4.69) is 6.92 Å². The second-order valence-electron chi connectivity index (χ2n) is 6.07. The summed E-state index contributed by atoms with van der Waals surface area (Å²) in [6.45, 7) is 8.72. The first kappa shape index (κ1) is 16.5. The van der Waals surface area contributed by atoms with Crippen LogP contribution in [0.1, 0.15) is 52.5 Å². The number of ether oxygens (including phenoxy) is 1. The smallest absolute Gasteiger partial charge is 0.161 e. The first-order chi connectivity index (χ1) is 9.43. The largest absolute Gasteiger partial charge is 0.494 e. The highest BCUT2D eigenvalue weighted by molar-refractivity contribution is 5.97.